The highest BCUT2D eigenvalue weighted by molar-refractivity contribution is 5.90. The van der Waals surface area contributed by atoms with Crippen molar-refractivity contribution in [3.05, 3.63) is 94.7 Å². The number of hydrogen-bond acceptors (Lipinski definition) is 6. The van der Waals surface area contributed by atoms with E-state index < -0.39 is 11.3 Å². The van der Waals surface area contributed by atoms with Gasteiger partial charge in [0.1, 0.15) is 28.2 Å². The molecule has 4 aromatic rings. The number of allylic oxidation sites excluding steroid dienone is 1. The van der Waals surface area contributed by atoms with Crippen LogP contribution in [0.2, 0.25) is 0 Å². The Kier molecular flexibility index (Phi) is 5.60. The molecule has 0 aliphatic heterocycles. The van der Waals surface area contributed by atoms with Gasteiger partial charge in [-0.05, 0) is 17.7 Å². The number of phenols is 2. The predicted molar refractivity (Wildman–Crippen MR) is 123 cm³/mol. The zero-order valence-corrected chi connectivity index (χ0v) is 17.7. The monoisotopic (exact) mass is 430 g/mol. The van der Waals surface area contributed by atoms with Crippen molar-refractivity contribution in [1.82, 2.24) is 0 Å². The van der Waals surface area contributed by atoms with Gasteiger partial charge < -0.3 is 24.1 Å². The number of methoxy groups -OCH3 is 2. The first-order valence-corrected chi connectivity index (χ1v) is 9.91. The molecule has 0 bridgehead atoms. The van der Waals surface area contributed by atoms with Crippen LogP contribution >= 0.6 is 0 Å². The zero-order chi connectivity index (χ0) is 22.8. The van der Waals surface area contributed by atoms with Gasteiger partial charge in [-0.3, -0.25) is 4.79 Å². The number of fused-ring (bicyclic) bond motifs is 1. The normalized spacial score (nSPS) is 11.8. The van der Waals surface area contributed by atoms with Crippen LogP contribution in [-0.2, 0) is 0 Å². The van der Waals surface area contributed by atoms with Crippen molar-refractivity contribution in [1.29, 1.82) is 0 Å². The third-order valence-corrected chi connectivity index (χ3v) is 5.37. The standard InChI is InChI=1S/C26H22O6/c1-4-17(16-10-11-21(30-2)23(12-16)31-3)24-18(27)13-19(28)25-20(29)14-22(32-26(24)25)15-8-6-5-7-9-15/h4-14,17,27-28H,1H2,2-3H3. The lowest BCUT2D eigenvalue weighted by Gasteiger charge is -2.19. The van der Waals surface area contributed by atoms with E-state index in [1.54, 1.807) is 25.3 Å². The first-order valence-electron chi connectivity index (χ1n) is 9.91. The largest absolute Gasteiger partial charge is 0.507 e. The highest BCUT2D eigenvalue weighted by Crippen LogP contribution is 2.43. The highest BCUT2D eigenvalue weighted by atomic mass is 16.5. The summed E-state index contributed by atoms with van der Waals surface area (Å²) in [5.41, 5.74) is 1.41. The van der Waals surface area contributed by atoms with Crippen LogP contribution in [0.5, 0.6) is 23.0 Å². The van der Waals surface area contributed by atoms with Gasteiger partial charge in [-0.25, -0.2) is 0 Å². The Bertz CT molecular complexity index is 1350. The van der Waals surface area contributed by atoms with E-state index in [9.17, 15) is 15.0 Å². The number of hydrogen-bond donors (Lipinski definition) is 2. The first-order chi connectivity index (χ1) is 15.5. The van der Waals surface area contributed by atoms with Gasteiger partial charge in [0.05, 0.1) is 14.2 Å². The molecule has 162 valence electrons. The SMILES string of the molecule is C=CC(c1ccc(OC)c(OC)c1)c1c(O)cc(O)c2c(=O)cc(-c3ccccc3)oc12. The molecule has 1 atom stereocenters. The molecule has 6 heteroatoms. The molecule has 1 unspecified atom stereocenters. The molecule has 0 fully saturated rings. The molecule has 0 saturated carbocycles. The predicted octanol–water partition coefficient (Wildman–Crippen LogP) is 5.21. The number of benzene rings is 3. The maximum atomic E-state index is 12.9. The van der Waals surface area contributed by atoms with Gasteiger partial charge >= 0.3 is 0 Å². The van der Waals surface area contributed by atoms with Gasteiger partial charge in [0.15, 0.2) is 16.9 Å². The van der Waals surface area contributed by atoms with Crippen LogP contribution in [0, 0.1) is 0 Å². The summed E-state index contributed by atoms with van der Waals surface area (Å²) in [5.74, 6) is 0.243. The van der Waals surface area contributed by atoms with Gasteiger partial charge in [0.2, 0.25) is 0 Å². The molecule has 0 spiro atoms. The summed E-state index contributed by atoms with van der Waals surface area (Å²) in [6, 6.07) is 16.9. The molecule has 0 radical (unpaired) electrons. The maximum absolute atomic E-state index is 12.9. The minimum Gasteiger partial charge on any atom is -0.507 e. The number of ether oxygens (including phenoxy) is 2. The van der Waals surface area contributed by atoms with Gasteiger partial charge in [0, 0.05) is 29.2 Å². The lowest BCUT2D eigenvalue weighted by atomic mass is 9.88. The Morgan fingerprint density at radius 1 is 0.938 bits per heavy atom. The zero-order valence-electron chi connectivity index (χ0n) is 17.7. The molecule has 0 aliphatic rings. The molecule has 0 aliphatic carbocycles. The molecule has 1 heterocycles. The Balaban J connectivity index is 2.01. The fraction of sp³-hybridized carbons (Fsp3) is 0.115. The van der Waals surface area contributed by atoms with Crippen LogP contribution in [-0.4, -0.2) is 24.4 Å². The molecule has 0 amide bonds. The number of aromatic hydroxyl groups is 2. The van der Waals surface area contributed by atoms with E-state index in [-0.39, 0.29) is 22.5 Å². The Morgan fingerprint density at radius 2 is 1.66 bits per heavy atom. The minimum absolute atomic E-state index is 0.00944. The Morgan fingerprint density at radius 3 is 2.31 bits per heavy atom. The topological polar surface area (TPSA) is 89.1 Å². The van der Waals surface area contributed by atoms with E-state index >= 15 is 0 Å². The smallest absolute Gasteiger partial charge is 0.197 e. The molecular weight excluding hydrogens is 408 g/mol. The fourth-order valence-corrected chi connectivity index (χ4v) is 3.83. The number of rotatable bonds is 6. The summed E-state index contributed by atoms with van der Waals surface area (Å²) in [6.45, 7) is 3.92. The second-order valence-electron chi connectivity index (χ2n) is 7.20. The van der Waals surface area contributed by atoms with Crippen molar-refractivity contribution < 1.29 is 24.1 Å². The highest BCUT2D eigenvalue weighted by Gasteiger charge is 2.25. The Labute approximate surface area is 184 Å². The van der Waals surface area contributed by atoms with Crippen molar-refractivity contribution >= 4 is 11.0 Å². The lowest BCUT2D eigenvalue weighted by Crippen LogP contribution is -2.06. The van der Waals surface area contributed by atoms with Crippen LogP contribution < -0.4 is 14.9 Å². The molecule has 4 rings (SSSR count). The molecule has 6 nitrogen and oxygen atoms in total. The van der Waals surface area contributed by atoms with Crippen molar-refractivity contribution in [2.45, 2.75) is 5.92 Å². The first kappa shape index (κ1) is 21.1. The summed E-state index contributed by atoms with van der Waals surface area (Å²) in [6.07, 6.45) is 1.63. The van der Waals surface area contributed by atoms with E-state index in [0.717, 1.165) is 11.6 Å². The van der Waals surface area contributed by atoms with Crippen molar-refractivity contribution in [3.63, 3.8) is 0 Å². The average molecular weight is 430 g/mol. The van der Waals surface area contributed by atoms with Crippen LogP contribution in [0.1, 0.15) is 17.0 Å². The molecule has 32 heavy (non-hydrogen) atoms. The van der Waals surface area contributed by atoms with Crippen LogP contribution in [0.25, 0.3) is 22.3 Å². The van der Waals surface area contributed by atoms with E-state index in [0.29, 0.717) is 28.4 Å². The van der Waals surface area contributed by atoms with Gasteiger partial charge in [-0.2, -0.15) is 0 Å². The molecule has 0 saturated heterocycles. The molecular formula is C26H22O6. The fourth-order valence-electron chi connectivity index (χ4n) is 3.83. The number of phenolic OH excluding ortho intramolecular Hbond substituents is 2. The third-order valence-electron chi connectivity index (χ3n) is 5.37. The third kappa shape index (κ3) is 3.56. The second kappa shape index (κ2) is 8.51. The van der Waals surface area contributed by atoms with Crippen LogP contribution in [0.3, 0.4) is 0 Å². The average Bonchev–Trinajstić information content (AvgIpc) is 2.81. The van der Waals surface area contributed by atoms with Crippen molar-refractivity contribution in [3.8, 4) is 34.3 Å². The lowest BCUT2D eigenvalue weighted by molar-refractivity contribution is 0.354. The summed E-state index contributed by atoms with van der Waals surface area (Å²) >= 11 is 0. The van der Waals surface area contributed by atoms with E-state index in [1.165, 1.54) is 13.2 Å². The second-order valence-corrected chi connectivity index (χ2v) is 7.20. The van der Waals surface area contributed by atoms with E-state index in [2.05, 4.69) is 6.58 Å². The molecule has 3 aromatic carbocycles. The van der Waals surface area contributed by atoms with E-state index in [4.69, 9.17) is 13.9 Å². The summed E-state index contributed by atoms with van der Waals surface area (Å²) in [4.78, 5) is 12.9. The van der Waals surface area contributed by atoms with Gasteiger partial charge in [0.25, 0.3) is 0 Å². The maximum Gasteiger partial charge on any atom is 0.197 e. The van der Waals surface area contributed by atoms with Crippen molar-refractivity contribution in [2.75, 3.05) is 14.2 Å². The summed E-state index contributed by atoms with van der Waals surface area (Å²) < 4.78 is 16.8. The molecule has 2 N–H and O–H groups in total. The van der Waals surface area contributed by atoms with Gasteiger partial charge in [-0.15, -0.1) is 6.58 Å². The van der Waals surface area contributed by atoms with Gasteiger partial charge in [-0.1, -0.05) is 42.5 Å². The minimum atomic E-state index is -0.563. The van der Waals surface area contributed by atoms with Crippen LogP contribution in [0.4, 0.5) is 0 Å². The van der Waals surface area contributed by atoms with Crippen molar-refractivity contribution in [2.24, 2.45) is 0 Å². The molecule has 1 aromatic heterocycles. The quantitative estimate of drug-likeness (QED) is 0.409. The van der Waals surface area contributed by atoms with Crippen LogP contribution in [0.15, 0.2) is 82.5 Å². The summed E-state index contributed by atoms with van der Waals surface area (Å²) in [5, 5.41) is 21.2. The van der Waals surface area contributed by atoms with E-state index in [1.807, 2.05) is 36.4 Å². The summed E-state index contributed by atoms with van der Waals surface area (Å²) in [7, 11) is 3.07. The Hall–Kier alpha value is -4.19.